The molecule has 0 aliphatic carbocycles. The molecule has 2 aromatic rings. The molecule has 0 atom stereocenters. The fourth-order valence-electron chi connectivity index (χ4n) is 1.93. The van der Waals surface area contributed by atoms with Crippen LogP contribution in [0.5, 0.6) is 0 Å². The number of rotatable bonds is 1. The van der Waals surface area contributed by atoms with E-state index in [2.05, 4.69) is 6.07 Å². The van der Waals surface area contributed by atoms with Gasteiger partial charge in [-0.25, -0.2) is 0 Å². The average molecular weight is 199 g/mol. The van der Waals surface area contributed by atoms with Crippen molar-refractivity contribution in [2.75, 3.05) is 13.2 Å². The Kier molecular flexibility index (Phi) is 1.62. The standard InChI is InChI=1S/C12H9NO2/c13-6-12(7-14-8-12)10-5-15-11-4-2-1-3-9(10)11/h1-5H,7-8H2. The van der Waals surface area contributed by atoms with Crippen molar-refractivity contribution >= 4 is 11.0 Å². The minimum Gasteiger partial charge on any atom is -0.464 e. The lowest BCUT2D eigenvalue weighted by molar-refractivity contribution is -0.0294. The van der Waals surface area contributed by atoms with E-state index in [9.17, 15) is 5.26 Å². The number of ether oxygens (including phenoxy) is 1. The predicted octanol–water partition coefficient (Wildman–Crippen LogP) is 2.22. The SMILES string of the molecule is N#CC1(c2coc3ccccc23)COC1. The van der Waals surface area contributed by atoms with Crippen LogP contribution in [0.15, 0.2) is 34.9 Å². The molecule has 0 spiro atoms. The first-order chi connectivity index (χ1) is 7.36. The molecule has 15 heavy (non-hydrogen) atoms. The summed E-state index contributed by atoms with van der Waals surface area (Å²) < 4.78 is 10.6. The van der Waals surface area contributed by atoms with Crippen LogP contribution < -0.4 is 0 Å². The fraction of sp³-hybridized carbons (Fsp3) is 0.250. The number of hydrogen-bond donors (Lipinski definition) is 0. The van der Waals surface area contributed by atoms with Gasteiger partial charge in [0.2, 0.25) is 0 Å². The Hall–Kier alpha value is -1.79. The molecule has 1 aromatic carbocycles. The first-order valence-corrected chi connectivity index (χ1v) is 4.81. The Morgan fingerprint density at radius 1 is 1.27 bits per heavy atom. The summed E-state index contributed by atoms with van der Waals surface area (Å²) >= 11 is 0. The van der Waals surface area contributed by atoms with Gasteiger partial charge in [-0.15, -0.1) is 0 Å². The van der Waals surface area contributed by atoms with Gasteiger partial charge in [-0.3, -0.25) is 0 Å². The number of fused-ring (bicyclic) bond motifs is 1. The molecule has 0 saturated carbocycles. The summed E-state index contributed by atoms with van der Waals surface area (Å²) in [5, 5.41) is 10.2. The van der Waals surface area contributed by atoms with Gasteiger partial charge in [0.1, 0.15) is 11.0 Å². The third-order valence-corrected chi connectivity index (χ3v) is 2.91. The molecule has 1 aromatic heterocycles. The summed E-state index contributed by atoms with van der Waals surface area (Å²) in [6.07, 6.45) is 1.68. The molecule has 1 aliphatic heterocycles. The van der Waals surface area contributed by atoms with Crippen molar-refractivity contribution < 1.29 is 9.15 Å². The van der Waals surface area contributed by atoms with E-state index < -0.39 is 5.41 Å². The summed E-state index contributed by atoms with van der Waals surface area (Å²) in [4.78, 5) is 0. The first kappa shape index (κ1) is 8.51. The Morgan fingerprint density at radius 2 is 2.07 bits per heavy atom. The summed E-state index contributed by atoms with van der Waals surface area (Å²) in [5.74, 6) is 0. The van der Waals surface area contributed by atoms with Crippen molar-refractivity contribution in [3.8, 4) is 6.07 Å². The molecule has 2 heterocycles. The van der Waals surface area contributed by atoms with E-state index in [1.807, 2.05) is 24.3 Å². The van der Waals surface area contributed by atoms with Gasteiger partial charge in [0.05, 0.1) is 25.5 Å². The Labute approximate surface area is 86.9 Å². The molecule has 0 N–H and O–H groups in total. The van der Waals surface area contributed by atoms with E-state index >= 15 is 0 Å². The number of nitrogens with zero attached hydrogens (tertiary/aromatic N) is 1. The quantitative estimate of drug-likeness (QED) is 0.707. The minimum atomic E-state index is -0.493. The zero-order valence-electron chi connectivity index (χ0n) is 8.06. The number of benzene rings is 1. The number of furan rings is 1. The Bertz CT molecular complexity index is 546. The maximum absolute atomic E-state index is 9.20. The van der Waals surface area contributed by atoms with E-state index in [0.717, 1.165) is 16.5 Å². The molecule has 74 valence electrons. The second kappa shape index (κ2) is 2.85. The zero-order valence-corrected chi connectivity index (χ0v) is 8.06. The highest BCUT2D eigenvalue weighted by atomic mass is 16.5. The van der Waals surface area contributed by atoms with Crippen LogP contribution in [0.25, 0.3) is 11.0 Å². The second-order valence-electron chi connectivity index (χ2n) is 3.83. The Balaban J connectivity index is 2.24. The highest BCUT2D eigenvalue weighted by molar-refractivity contribution is 5.83. The van der Waals surface area contributed by atoms with Gasteiger partial charge in [0.15, 0.2) is 0 Å². The number of nitriles is 1. The molecule has 3 heteroatoms. The van der Waals surface area contributed by atoms with Gasteiger partial charge in [0.25, 0.3) is 0 Å². The molecule has 0 bridgehead atoms. The predicted molar refractivity (Wildman–Crippen MR) is 54.3 cm³/mol. The summed E-state index contributed by atoms with van der Waals surface area (Å²) in [6, 6.07) is 10.1. The van der Waals surface area contributed by atoms with Gasteiger partial charge in [0, 0.05) is 10.9 Å². The maximum Gasteiger partial charge on any atom is 0.134 e. The molecule has 1 fully saturated rings. The fourth-order valence-corrected chi connectivity index (χ4v) is 1.93. The van der Waals surface area contributed by atoms with Crippen LogP contribution >= 0.6 is 0 Å². The van der Waals surface area contributed by atoms with Crippen LogP contribution in [-0.2, 0) is 10.2 Å². The summed E-state index contributed by atoms with van der Waals surface area (Å²) in [5.41, 5.74) is 1.29. The third-order valence-electron chi connectivity index (χ3n) is 2.91. The third kappa shape index (κ3) is 1.03. The lowest BCUT2D eigenvalue weighted by Gasteiger charge is -2.34. The van der Waals surface area contributed by atoms with Crippen LogP contribution in [0, 0.1) is 11.3 Å². The molecule has 0 radical (unpaired) electrons. The van der Waals surface area contributed by atoms with Crippen molar-refractivity contribution in [3.63, 3.8) is 0 Å². The van der Waals surface area contributed by atoms with Crippen LogP contribution in [0.2, 0.25) is 0 Å². The van der Waals surface area contributed by atoms with E-state index in [1.54, 1.807) is 6.26 Å². The number of hydrogen-bond acceptors (Lipinski definition) is 3. The first-order valence-electron chi connectivity index (χ1n) is 4.81. The average Bonchev–Trinajstić information content (AvgIpc) is 2.62. The van der Waals surface area contributed by atoms with E-state index in [4.69, 9.17) is 9.15 Å². The van der Waals surface area contributed by atoms with Gasteiger partial charge in [-0.05, 0) is 6.07 Å². The van der Waals surface area contributed by atoms with Crippen molar-refractivity contribution in [1.82, 2.24) is 0 Å². The highest BCUT2D eigenvalue weighted by Gasteiger charge is 2.43. The van der Waals surface area contributed by atoms with Crippen LogP contribution in [0.3, 0.4) is 0 Å². The zero-order chi connectivity index (χ0) is 10.3. The van der Waals surface area contributed by atoms with Crippen LogP contribution in [0.1, 0.15) is 5.56 Å². The summed E-state index contributed by atoms with van der Waals surface area (Å²) in [6.45, 7) is 0.931. The molecule has 1 aliphatic rings. The van der Waals surface area contributed by atoms with E-state index in [0.29, 0.717) is 13.2 Å². The van der Waals surface area contributed by atoms with Gasteiger partial charge in [-0.2, -0.15) is 5.26 Å². The maximum atomic E-state index is 9.20. The minimum absolute atomic E-state index is 0.465. The molecule has 0 amide bonds. The van der Waals surface area contributed by atoms with Crippen molar-refractivity contribution in [2.45, 2.75) is 5.41 Å². The lowest BCUT2D eigenvalue weighted by Crippen LogP contribution is -2.45. The van der Waals surface area contributed by atoms with E-state index in [-0.39, 0.29) is 0 Å². The van der Waals surface area contributed by atoms with Crippen LogP contribution in [-0.4, -0.2) is 13.2 Å². The highest BCUT2D eigenvalue weighted by Crippen LogP contribution is 2.37. The Morgan fingerprint density at radius 3 is 2.73 bits per heavy atom. The van der Waals surface area contributed by atoms with Crippen molar-refractivity contribution in [1.29, 1.82) is 5.26 Å². The van der Waals surface area contributed by atoms with Gasteiger partial charge in [-0.1, -0.05) is 18.2 Å². The second-order valence-corrected chi connectivity index (χ2v) is 3.83. The smallest absolute Gasteiger partial charge is 0.134 e. The molecular weight excluding hydrogens is 190 g/mol. The monoisotopic (exact) mass is 199 g/mol. The number of para-hydroxylation sites is 1. The van der Waals surface area contributed by atoms with Gasteiger partial charge >= 0.3 is 0 Å². The van der Waals surface area contributed by atoms with Crippen molar-refractivity contribution in [3.05, 3.63) is 36.1 Å². The molecule has 3 rings (SSSR count). The molecule has 0 unspecified atom stereocenters. The molecular formula is C12H9NO2. The van der Waals surface area contributed by atoms with Gasteiger partial charge < -0.3 is 9.15 Å². The summed E-state index contributed by atoms with van der Waals surface area (Å²) in [7, 11) is 0. The van der Waals surface area contributed by atoms with Crippen molar-refractivity contribution in [2.24, 2.45) is 0 Å². The molecule has 1 saturated heterocycles. The lowest BCUT2D eigenvalue weighted by atomic mass is 9.80. The topological polar surface area (TPSA) is 46.2 Å². The normalized spacial score (nSPS) is 18.3. The molecule has 3 nitrogen and oxygen atoms in total. The van der Waals surface area contributed by atoms with E-state index in [1.165, 1.54) is 0 Å². The van der Waals surface area contributed by atoms with Crippen LogP contribution in [0.4, 0.5) is 0 Å². The largest absolute Gasteiger partial charge is 0.464 e.